The van der Waals surface area contributed by atoms with Gasteiger partial charge in [-0.15, -0.1) is 0 Å². The molecule has 0 spiro atoms. The van der Waals surface area contributed by atoms with Crippen molar-refractivity contribution in [3.63, 3.8) is 0 Å². The normalized spacial score (nSPS) is 13.8. The molecule has 0 rings (SSSR count). The van der Waals surface area contributed by atoms with Crippen LogP contribution in [0.25, 0.3) is 0 Å². The van der Waals surface area contributed by atoms with E-state index >= 15 is 0 Å². The largest absolute Gasteiger partial charge is 0.472 e. The van der Waals surface area contributed by atoms with Crippen molar-refractivity contribution in [2.75, 3.05) is 39.6 Å². The van der Waals surface area contributed by atoms with Gasteiger partial charge in [0, 0.05) is 25.7 Å². The minimum absolute atomic E-state index is 0.108. The Morgan fingerprint density at radius 1 is 0.260 bits per heavy atom. The van der Waals surface area contributed by atoms with Crippen molar-refractivity contribution in [1.29, 1.82) is 0 Å². The summed E-state index contributed by atoms with van der Waals surface area (Å²) in [7, 11) is -9.92. The Kier molecular flexibility index (Phi) is 75.0. The smallest absolute Gasteiger partial charge is 0.462 e. The van der Waals surface area contributed by atoms with Gasteiger partial charge in [0.1, 0.15) is 19.3 Å². The van der Waals surface area contributed by atoms with E-state index in [-0.39, 0.29) is 25.7 Å². The van der Waals surface area contributed by atoms with Crippen molar-refractivity contribution in [3.8, 4) is 0 Å². The topological polar surface area (TPSA) is 237 Å². The summed E-state index contributed by atoms with van der Waals surface area (Å²) in [5, 5.41) is 10.7. The van der Waals surface area contributed by atoms with Gasteiger partial charge in [0.05, 0.1) is 26.4 Å². The first-order valence-electron chi connectivity index (χ1n) is 44.0. The maximum atomic E-state index is 13.1. The van der Waals surface area contributed by atoms with E-state index in [2.05, 4.69) is 41.5 Å². The van der Waals surface area contributed by atoms with Crippen molar-refractivity contribution in [1.82, 2.24) is 0 Å². The molecule has 0 radical (unpaired) electrons. The van der Waals surface area contributed by atoms with Crippen LogP contribution in [-0.4, -0.2) is 96.7 Å². The average Bonchev–Trinajstić information content (AvgIpc) is 0.920. The van der Waals surface area contributed by atoms with Gasteiger partial charge in [0.25, 0.3) is 0 Å². The zero-order valence-electron chi connectivity index (χ0n) is 68.3. The first kappa shape index (κ1) is 102. The van der Waals surface area contributed by atoms with Crippen LogP contribution >= 0.6 is 15.6 Å². The lowest BCUT2D eigenvalue weighted by molar-refractivity contribution is -0.161. The quantitative estimate of drug-likeness (QED) is 0.0222. The van der Waals surface area contributed by atoms with Gasteiger partial charge in [-0.05, 0) is 37.5 Å². The van der Waals surface area contributed by atoms with Gasteiger partial charge < -0.3 is 33.8 Å². The second-order valence-electron chi connectivity index (χ2n) is 31.5. The van der Waals surface area contributed by atoms with E-state index < -0.39 is 97.5 Å². The molecule has 0 aromatic carbocycles. The zero-order chi connectivity index (χ0) is 76.4. The molecule has 0 aromatic heterocycles. The Labute approximate surface area is 638 Å². The molecule has 104 heavy (non-hydrogen) atoms. The second-order valence-corrected chi connectivity index (χ2v) is 34.4. The number of rotatable bonds is 84. The zero-order valence-corrected chi connectivity index (χ0v) is 70.1. The summed E-state index contributed by atoms with van der Waals surface area (Å²) >= 11 is 0. The monoisotopic (exact) mass is 1520 g/mol. The predicted octanol–water partition coefficient (Wildman–Crippen LogP) is 25.8. The van der Waals surface area contributed by atoms with E-state index in [9.17, 15) is 43.2 Å². The SMILES string of the molecule is CCCCCCCCCCCCCCC(=O)O[C@H](COC(=O)CCCCCCCCCCCC)COP(=O)(O)OC[C@H](O)COP(=O)(O)OC[C@@H](COC(=O)CCCCCCCCCCCCCCCCCCCCC(C)C)OC(=O)CCCCCCCCCCCCCCCCCCCCC(C)C. The summed E-state index contributed by atoms with van der Waals surface area (Å²) in [4.78, 5) is 73.1. The molecule has 0 amide bonds. The van der Waals surface area contributed by atoms with Crippen LogP contribution in [0.15, 0.2) is 0 Å². The van der Waals surface area contributed by atoms with Gasteiger partial charge in [-0.1, -0.05) is 401 Å². The van der Waals surface area contributed by atoms with Crippen LogP contribution in [0.5, 0.6) is 0 Å². The molecule has 2 unspecified atom stereocenters. The fourth-order valence-corrected chi connectivity index (χ4v) is 14.8. The lowest BCUT2D eigenvalue weighted by atomic mass is 10.0. The Morgan fingerprint density at radius 3 is 0.654 bits per heavy atom. The number of ether oxygens (including phenoxy) is 4. The predicted molar refractivity (Wildman–Crippen MR) is 428 cm³/mol. The van der Waals surface area contributed by atoms with E-state index in [1.54, 1.807) is 0 Å². The Balaban J connectivity index is 5.19. The third-order valence-corrected chi connectivity index (χ3v) is 21.9. The van der Waals surface area contributed by atoms with Gasteiger partial charge in [0.15, 0.2) is 12.2 Å². The molecule has 618 valence electrons. The van der Waals surface area contributed by atoms with E-state index in [4.69, 9.17) is 37.0 Å². The Hall–Kier alpha value is -1.94. The molecule has 19 heteroatoms. The van der Waals surface area contributed by atoms with Crippen LogP contribution in [-0.2, 0) is 65.4 Å². The van der Waals surface area contributed by atoms with Crippen LogP contribution < -0.4 is 0 Å². The number of esters is 4. The number of phosphoric ester groups is 2. The standard InChI is InChI=1S/C85H166O17P2/c1-7-9-11-13-15-17-19-38-45-51-57-63-69-84(89)101-80(73-95-82(87)67-61-55-49-43-18-16-14-12-10-8-2)75-99-103(91,92)97-71-79(86)72-98-104(93,94)100-76-81(102-85(90)70-64-58-52-46-40-35-31-27-23-21-25-29-33-37-42-48-54-60-66-78(5)6)74-96-83(88)68-62-56-50-44-39-34-30-26-22-20-24-28-32-36-41-47-53-59-65-77(3)4/h77-81,86H,7-76H2,1-6H3,(H,91,92)(H,93,94)/t79-,80+,81+/m0/s1. The first-order chi connectivity index (χ1) is 50.4. The van der Waals surface area contributed by atoms with Gasteiger partial charge >= 0.3 is 39.5 Å². The summed E-state index contributed by atoms with van der Waals surface area (Å²) in [6, 6.07) is 0. The first-order valence-corrected chi connectivity index (χ1v) is 47.0. The van der Waals surface area contributed by atoms with E-state index in [1.165, 1.54) is 270 Å². The summed E-state index contributed by atoms with van der Waals surface area (Å²) in [5.74, 6) is -0.460. The minimum atomic E-state index is -4.96. The molecule has 0 aliphatic carbocycles. The van der Waals surface area contributed by atoms with Crippen LogP contribution in [0.2, 0.25) is 0 Å². The van der Waals surface area contributed by atoms with Gasteiger partial charge in [0.2, 0.25) is 0 Å². The van der Waals surface area contributed by atoms with Crippen molar-refractivity contribution >= 4 is 39.5 Å². The van der Waals surface area contributed by atoms with Gasteiger partial charge in [-0.2, -0.15) is 0 Å². The molecule has 0 aromatic rings. The van der Waals surface area contributed by atoms with Crippen LogP contribution in [0.1, 0.15) is 452 Å². The average molecular weight is 1520 g/mol. The van der Waals surface area contributed by atoms with E-state index in [0.29, 0.717) is 25.7 Å². The molecule has 17 nitrogen and oxygen atoms in total. The molecule has 0 heterocycles. The highest BCUT2D eigenvalue weighted by Gasteiger charge is 2.30. The van der Waals surface area contributed by atoms with Crippen molar-refractivity contribution in [2.45, 2.75) is 471 Å². The molecule has 5 atom stereocenters. The van der Waals surface area contributed by atoms with E-state index in [1.807, 2.05) is 0 Å². The maximum absolute atomic E-state index is 13.1. The van der Waals surface area contributed by atoms with Crippen LogP contribution in [0, 0.1) is 11.8 Å². The lowest BCUT2D eigenvalue weighted by Crippen LogP contribution is -2.30. The molecular formula is C85H166O17P2. The number of carbonyl (C=O) groups is 4. The molecule has 0 saturated heterocycles. The Morgan fingerprint density at radius 2 is 0.442 bits per heavy atom. The Bertz CT molecular complexity index is 1990. The molecule has 0 aliphatic rings. The number of hydrogen-bond acceptors (Lipinski definition) is 15. The van der Waals surface area contributed by atoms with Crippen molar-refractivity contribution in [2.24, 2.45) is 11.8 Å². The van der Waals surface area contributed by atoms with Crippen molar-refractivity contribution in [3.05, 3.63) is 0 Å². The fraction of sp³-hybridized carbons (Fsp3) is 0.953. The molecule has 0 bridgehead atoms. The molecule has 0 fully saturated rings. The number of aliphatic hydroxyl groups excluding tert-OH is 1. The van der Waals surface area contributed by atoms with E-state index in [0.717, 1.165) is 102 Å². The molecule has 0 aliphatic heterocycles. The highest BCUT2D eigenvalue weighted by molar-refractivity contribution is 7.47. The summed E-state index contributed by atoms with van der Waals surface area (Å²) in [6.45, 7) is 9.72. The van der Waals surface area contributed by atoms with Crippen LogP contribution in [0.3, 0.4) is 0 Å². The summed E-state index contributed by atoms with van der Waals surface area (Å²) < 4.78 is 68.8. The van der Waals surface area contributed by atoms with Crippen LogP contribution in [0.4, 0.5) is 0 Å². The molecule has 3 N–H and O–H groups in total. The number of unbranched alkanes of at least 4 members (excludes halogenated alkanes) is 54. The van der Waals surface area contributed by atoms with Crippen molar-refractivity contribution < 1.29 is 80.2 Å². The number of hydrogen-bond donors (Lipinski definition) is 3. The maximum Gasteiger partial charge on any atom is 0.472 e. The molecule has 0 saturated carbocycles. The fourth-order valence-electron chi connectivity index (χ4n) is 13.2. The summed E-state index contributed by atoms with van der Waals surface area (Å²) in [5.41, 5.74) is 0. The third kappa shape index (κ3) is 78.2. The lowest BCUT2D eigenvalue weighted by Gasteiger charge is -2.21. The summed E-state index contributed by atoms with van der Waals surface area (Å²) in [6.07, 6.45) is 68.1. The van der Waals surface area contributed by atoms with Gasteiger partial charge in [-0.3, -0.25) is 37.3 Å². The third-order valence-electron chi connectivity index (χ3n) is 20.0. The number of phosphoric acid groups is 2. The highest BCUT2D eigenvalue weighted by Crippen LogP contribution is 2.45. The second kappa shape index (κ2) is 76.4. The number of carbonyl (C=O) groups excluding carboxylic acids is 4. The minimum Gasteiger partial charge on any atom is -0.462 e. The number of aliphatic hydroxyl groups is 1. The molecular weight excluding hydrogens is 1350 g/mol. The van der Waals surface area contributed by atoms with Gasteiger partial charge in [-0.25, -0.2) is 9.13 Å². The highest BCUT2D eigenvalue weighted by atomic mass is 31.2.